The van der Waals surface area contributed by atoms with Crippen molar-refractivity contribution in [2.45, 2.75) is 30.2 Å². The summed E-state index contributed by atoms with van der Waals surface area (Å²) in [7, 11) is -3.57. The molecule has 0 spiro atoms. The molecule has 100 valence electrons. The molecule has 0 bridgehead atoms. The summed E-state index contributed by atoms with van der Waals surface area (Å²) in [6, 6.07) is 3.50. The zero-order chi connectivity index (χ0) is 13.5. The van der Waals surface area contributed by atoms with Gasteiger partial charge in [0, 0.05) is 25.3 Å². The van der Waals surface area contributed by atoms with E-state index in [4.69, 9.17) is 5.26 Å². The van der Waals surface area contributed by atoms with Gasteiger partial charge in [-0.25, -0.2) is 18.1 Å². The molecule has 3 heterocycles. The van der Waals surface area contributed by atoms with Gasteiger partial charge in [-0.3, -0.25) is 0 Å². The summed E-state index contributed by atoms with van der Waals surface area (Å²) >= 11 is 0. The number of piperidine rings is 1. The number of anilines is 1. The molecule has 0 aliphatic carbocycles. The fourth-order valence-electron chi connectivity index (χ4n) is 2.69. The number of aromatic nitrogens is 1. The molecule has 2 aliphatic rings. The lowest BCUT2D eigenvalue weighted by atomic mass is 10.0. The number of sulfonamides is 1. The van der Waals surface area contributed by atoms with Gasteiger partial charge in [0.05, 0.1) is 5.56 Å². The van der Waals surface area contributed by atoms with E-state index in [0.717, 1.165) is 25.8 Å². The highest BCUT2D eigenvalue weighted by Crippen LogP contribution is 2.31. The first-order valence-electron chi connectivity index (χ1n) is 6.28. The van der Waals surface area contributed by atoms with Crippen LogP contribution in [0.2, 0.25) is 0 Å². The normalized spacial score (nSPS) is 24.8. The SMILES string of the molecule is N#Cc1cnc2c(c1)S(=O)(=O)NC[C@H]1CCCCN21. The summed E-state index contributed by atoms with van der Waals surface area (Å²) in [6.45, 7) is 1.22. The first kappa shape index (κ1) is 12.4. The van der Waals surface area contributed by atoms with Crippen molar-refractivity contribution in [1.82, 2.24) is 9.71 Å². The van der Waals surface area contributed by atoms with Gasteiger partial charge in [-0.15, -0.1) is 0 Å². The number of nitriles is 1. The Morgan fingerprint density at radius 3 is 3.11 bits per heavy atom. The van der Waals surface area contributed by atoms with E-state index in [1.165, 1.54) is 12.3 Å². The molecule has 0 radical (unpaired) electrons. The molecule has 0 unspecified atom stereocenters. The molecule has 1 N–H and O–H groups in total. The number of rotatable bonds is 0. The van der Waals surface area contributed by atoms with E-state index >= 15 is 0 Å². The lowest BCUT2D eigenvalue weighted by Crippen LogP contribution is -2.44. The summed E-state index contributed by atoms with van der Waals surface area (Å²) in [5, 5.41) is 8.89. The Kier molecular flexibility index (Phi) is 2.92. The molecule has 3 rings (SSSR count). The summed E-state index contributed by atoms with van der Waals surface area (Å²) in [6.07, 6.45) is 4.54. The summed E-state index contributed by atoms with van der Waals surface area (Å²) in [5.41, 5.74) is 0.264. The molecule has 1 atom stereocenters. The number of hydrogen-bond donors (Lipinski definition) is 1. The number of pyridine rings is 1. The molecular weight excluding hydrogens is 264 g/mol. The number of hydrogen-bond acceptors (Lipinski definition) is 5. The van der Waals surface area contributed by atoms with Crippen molar-refractivity contribution in [3.05, 3.63) is 17.8 Å². The van der Waals surface area contributed by atoms with E-state index in [9.17, 15) is 8.42 Å². The van der Waals surface area contributed by atoms with Crippen molar-refractivity contribution in [3.63, 3.8) is 0 Å². The second-order valence-corrected chi connectivity index (χ2v) is 6.59. The van der Waals surface area contributed by atoms with Crippen LogP contribution in [0.15, 0.2) is 17.2 Å². The second-order valence-electron chi connectivity index (χ2n) is 4.85. The Hall–Kier alpha value is -1.65. The van der Waals surface area contributed by atoms with Crippen molar-refractivity contribution >= 4 is 15.8 Å². The third-order valence-electron chi connectivity index (χ3n) is 3.66. The molecule has 1 saturated heterocycles. The maximum atomic E-state index is 12.2. The fourth-order valence-corrected chi connectivity index (χ4v) is 3.95. The van der Waals surface area contributed by atoms with Gasteiger partial charge in [0.25, 0.3) is 0 Å². The standard InChI is InChI=1S/C12H14N4O2S/c13-6-9-5-11-12(14-7-9)16-4-2-1-3-10(16)8-15-19(11,17)18/h5,7,10,15H,1-4,8H2/t10-/m1/s1. The van der Waals surface area contributed by atoms with E-state index in [1.807, 2.05) is 6.07 Å². The Morgan fingerprint density at radius 1 is 1.47 bits per heavy atom. The smallest absolute Gasteiger partial charge is 0.244 e. The van der Waals surface area contributed by atoms with Crippen LogP contribution in [0.1, 0.15) is 24.8 Å². The molecule has 0 amide bonds. The summed E-state index contributed by atoms with van der Waals surface area (Å²) in [5.74, 6) is 0.480. The highest BCUT2D eigenvalue weighted by molar-refractivity contribution is 7.89. The first-order valence-corrected chi connectivity index (χ1v) is 7.76. The van der Waals surface area contributed by atoms with Crippen LogP contribution >= 0.6 is 0 Å². The molecule has 0 saturated carbocycles. The quantitative estimate of drug-likeness (QED) is 0.751. The van der Waals surface area contributed by atoms with Crippen LogP contribution in [0.5, 0.6) is 0 Å². The van der Waals surface area contributed by atoms with E-state index in [2.05, 4.69) is 14.6 Å². The zero-order valence-electron chi connectivity index (χ0n) is 10.3. The lowest BCUT2D eigenvalue weighted by Gasteiger charge is -2.35. The molecule has 0 aromatic carbocycles. The minimum Gasteiger partial charge on any atom is -0.351 e. The van der Waals surface area contributed by atoms with Crippen LogP contribution in [0, 0.1) is 11.3 Å². The Labute approximate surface area is 112 Å². The lowest BCUT2D eigenvalue weighted by molar-refractivity contribution is 0.454. The van der Waals surface area contributed by atoms with Crippen LogP contribution in [0.25, 0.3) is 0 Å². The van der Waals surface area contributed by atoms with Crippen LogP contribution in [0.4, 0.5) is 5.82 Å². The first-order chi connectivity index (χ1) is 9.12. The average molecular weight is 278 g/mol. The van der Waals surface area contributed by atoms with Crippen LogP contribution in [0.3, 0.4) is 0 Å². The van der Waals surface area contributed by atoms with Gasteiger partial charge in [-0.05, 0) is 25.3 Å². The van der Waals surface area contributed by atoms with Crippen LogP contribution in [-0.4, -0.2) is 32.5 Å². The van der Waals surface area contributed by atoms with Crippen molar-refractivity contribution in [1.29, 1.82) is 5.26 Å². The van der Waals surface area contributed by atoms with Gasteiger partial charge in [0.2, 0.25) is 10.0 Å². The Balaban J connectivity index is 2.18. The van der Waals surface area contributed by atoms with Crippen molar-refractivity contribution in [3.8, 4) is 6.07 Å². The molecule has 7 heteroatoms. The molecule has 19 heavy (non-hydrogen) atoms. The average Bonchev–Trinajstić information content (AvgIpc) is 2.55. The Morgan fingerprint density at radius 2 is 2.32 bits per heavy atom. The van der Waals surface area contributed by atoms with Gasteiger partial charge >= 0.3 is 0 Å². The van der Waals surface area contributed by atoms with E-state index in [-0.39, 0.29) is 16.5 Å². The third kappa shape index (κ3) is 2.07. The highest BCUT2D eigenvalue weighted by Gasteiger charge is 2.34. The van der Waals surface area contributed by atoms with Gasteiger partial charge in [-0.1, -0.05) is 0 Å². The van der Waals surface area contributed by atoms with Crippen molar-refractivity contribution in [2.24, 2.45) is 0 Å². The van der Waals surface area contributed by atoms with Crippen LogP contribution < -0.4 is 9.62 Å². The zero-order valence-corrected chi connectivity index (χ0v) is 11.2. The molecule has 6 nitrogen and oxygen atoms in total. The van der Waals surface area contributed by atoms with E-state index < -0.39 is 10.0 Å². The monoisotopic (exact) mass is 278 g/mol. The highest BCUT2D eigenvalue weighted by atomic mass is 32.2. The minimum absolute atomic E-state index is 0.121. The predicted octanol–water partition coefficient (Wildman–Crippen LogP) is 0.604. The van der Waals surface area contributed by atoms with Gasteiger partial charge in [0.15, 0.2) is 0 Å². The third-order valence-corrected chi connectivity index (χ3v) is 5.09. The van der Waals surface area contributed by atoms with Gasteiger partial charge in [-0.2, -0.15) is 5.26 Å². The largest absolute Gasteiger partial charge is 0.351 e. The van der Waals surface area contributed by atoms with Gasteiger partial charge < -0.3 is 4.90 Å². The maximum absolute atomic E-state index is 12.2. The summed E-state index contributed by atoms with van der Waals surface area (Å²) in [4.78, 5) is 6.39. The van der Waals surface area contributed by atoms with E-state index in [1.54, 1.807) is 0 Å². The number of nitrogens with one attached hydrogen (secondary N) is 1. The number of nitrogens with zero attached hydrogens (tertiary/aromatic N) is 3. The van der Waals surface area contributed by atoms with Crippen LogP contribution in [-0.2, 0) is 10.0 Å². The molecule has 1 aromatic heterocycles. The minimum atomic E-state index is -3.57. The van der Waals surface area contributed by atoms with Gasteiger partial charge in [0.1, 0.15) is 16.8 Å². The number of fused-ring (bicyclic) bond motifs is 3. The molecule has 1 aromatic rings. The molecule has 2 aliphatic heterocycles. The topological polar surface area (TPSA) is 86.1 Å². The molecular formula is C12H14N4O2S. The Bertz CT molecular complexity index is 650. The predicted molar refractivity (Wildman–Crippen MR) is 69.1 cm³/mol. The van der Waals surface area contributed by atoms with Crippen molar-refractivity contribution in [2.75, 3.05) is 18.0 Å². The molecule has 1 fully saturated rings. The fraction of sp³-hybridized carbons (Fsp3) is 0.500. The van der Waals surface area contributed by atoms with Crippen molar-refractivity contribution < 1.29 is 8.42 Å². The second kappa shape index (κ2) is 4.47. The van der Waals surface area contributed by atoms with E-state index in [0.29, 0.717) is 12.4 Å². The maximum Gasteiger partial charge on any atom is 0.244 e. The summed E-state index contributed by atoms with van der Waals surface area (Å²) < 4.78 is 27.0.